The molecule has 2 aromatic rings. The topological polar surface area (TPSA) is 85.4 Å². The molecule has 0 saturated carbocycles. The number of nitrogens with zero attached hydrogens (tertiary/aromatic N) is 1. The van der Waals surface area contributed by atoms with Gasteiger partial charge in [-0.1, -0.05) is 17.7 Å². The number of thiazole rings is 1. The fourth-order valence-electron chi connectivity index (χ4n) is 1.55. The predicted octanol–water partition coefficient (Wildman–Crippen LogP) is 1.97. The van der Waals surface area contributed by atoms with E-state index in [2.05, 4.69) is 14.4 Å². The summed E-state index contributed by atoms with van der Waals surface area (Å²) in [6, 6.07) is 6.50. The average Bonchev–Trinajstić information content (AvgIpc) is 2.85. The highest BCUT2D eigenvalue weighted by atomic mass is 32.2. The molecule has 0 fully saturated rings. The van der Waals surface area contributed by atoms with Gasteiger partial charge in [-0.2, -0.15) is 0 Å². The van der Waals surface area contributed by atoms with Crippen LogP contribution in [0, 0.1) is 6.92 Å². The summed E-state index contributed by atoms with van der Waals surface area (Å²) in [7, 11) is -2.38. The van der Waals surface area contributed by atoms with E-state index in [9.17, 15) is 13.2 Å². The maximum absolute atomic E-state index is 12.2. The van der Waals surface area contributed by atoms with Gasteiger partial charge >= 0.3 is 5.97 Å². The Morgan fingerprint density at radius 1 is 1.33 bits per heavy atom. The number of sulfonamides is 1. The summed E-state index contributed by atoms with van der Waals surface area (Å²) in [4.78, 5) is 15.4. The van der Waals surface area contributed by atoms with Crippen LogP contribution >= 0.6 is 11.3 Å². The fourth-order valence-corrected chi connectivity index (χ4v) is 3.51. The highest BCUT2D eigenvalue weighted by Crippen LogP contribution is 2.20. The van der Waals surface area contributed by atoms with Gasteiger partial charge in [0.1, 0.15) is 0 Å². The van der Waals surface area contributed by atoms with E-state index in [4.69, 9.17) is 0 Å². The van der Waals surface area contributed by atoms with Crippen LogP contribution in [0.1, 0.15) is 11.3 Å². The Kier molecular flexibility index (Phi) is 4.59. The lowest BCUT2D eigenvalue weighted by Crippen LogP contribution is -2.13. The van der Waals surface area contributed by atoms with Gasteiger partial charge in [0.15, 0.2) is 5.13 Å². The minimum absolute atomic E-state index is 0.0132. The van der Waals surface area contributed by atoms with E-state index in [1.54, 1.807) is 17.5 Å². The second-order valence-corrected chi connectivity index (χ2v) is 6.86. The Morgan fingerprint density at radius 2 is 2.00 bits per heavy atom. The van der Waals surface area contributed by atoms with Crippen molar-refractivity contribution < 1.29 is 17.9 Å². The molecule has 0 amide bonds. The summed E-state index contributed by atoms with van der Waals surface area (Å²) in [6.45, 7) is 1.88. The minimum atomic E-state index is -3.67. The van der Waals surface area contributed by atoms with Gasteiger partial charge in [0.05, 0.1) is 24.1 Å². The molecule has 0 spiro atoms. The van der Waals surface area contributed by atoms with Crippen molar-refractivity contribution in [3.05, 3.63) is 40.9 Å². The van der Waals surface area contributed by atoms with Crippen molar-refractivity contribution in [3.63, 3.8) is 0 Å². The molecule has 2 rings (SSSR count). The van der Waals surface area contributed by atoms with Crippen molar-refractivity contribution in [3.8, 4) is 0 Å². The number of nitrogens with one attached hydrogen (secondary N) is 1. The van der Waals surface area contributed by atoms with E-state index in [1.807, 2.05) is 6.92 Å². The van der Waals surface area contributed by atoms with Gasteiger partial charge in [-0.15, -0.1) is 11.3 Å². The molecule has 1 aromatic heterocycles. The second kappa shape index (κ2) is 6.23. The van der Waals surface area contributed by atoms with Crippen molar-refractivity contribution in [2.24, 2.45) is 0 Å². The zero-order valence-electron chi connectivity index (χ0n) is 11.5. The van der Waals surface area contributed by atoms with Crippen molar-refractivity contribution >= 4 is 32.5 Å². The summed E-state index contributed by atoms with van der Waals surface area (Å²) >= 11 is 1.12. The SMILES string of the molecule is COC(=O)Cc1csc(NS(=O)(=O)c2ccc(C)cc2)n1. The summed E-state index contributed by atoms with van der Waals surface area (Å²) in [5.41, 5.74) is 1.44. The molecule has 0 aliphatic carbocycles. The molecule has 8 heteroatoms. The van der Waals surface area contributed by atoms with Gasteiger partial charge in [0.2, 0.25) is 0 Å². The third-order valence-corrected chi connectivity index (χ3v) is 4.95. The van der Waals surface area contributed by atoms with Crippen LogP contribution in [0.25, 0.3) is 0 Å². The average molecular weight is 326 g/mol. The lowest BCUT2D eigenvalue weighted by molar-refractivity contribution is -0.139. The molecule has 1 heterocycles. The zero-order valence-corrected chi connectivity index (χ0v) is 13.1. The van der Waals surface area contributed by atoms with Gasteiger partial charge in [0, 0.05) is 5.38 Å². The molecule has 0 radical (unpaired) electrons. The number of hydrogen-bond acceptors (Lipinski definition) is 6. The number of benzene rings is 1. The summed E-state index contributed by atoms with van der Waals surface area (Å²) in [6.07, 6.45) is 0.0132. The van der Waals surface area contributed by atoms with Gasteiger partial charge < -0.3 is 4.74 Å². The third-order valence-electron chi connectivity index (χ3n) is 2.66. The van der Waals surface area contributed by atoms with E-state index in [0.717, 1.165) is 16.9 Å². The molecule has 6 nitrogen and oxygen atoms in total. The number of methoxy groups -OCH3 is 1. The van der Waals surface area contributed by atoms with Crippen molar-refractivity contribution in [2.45, 2.75) is 18.2 Å². The number of hydrogen-bond donors (Lipinski definition) is 1. The summed E-state index contributed by atoms with van der Waals surface area (Å²) < 4.78 is 31.3. The van der Waals surface area contributed by atoms with E-state index in [-0.39, 0.29) is 16.4 Å². The van der Waals surface area contributed by atoms with Gasteiger partial charge in [-0.3, -0.25) is 9.52 Å². The highest BCUT2D eigenvalue weighted by Gasteiger charge is 2.16. The van der Waals surface area contributed by atoms with E-state index in [1.165, 1.54) is 19.2 Å². The van der Waals surface area contributed by atoms with E-state index >= 15 is 0 Å². The quantitative estimate of drug-likeness (QED) is 0.849. The first-order valence-electron chi connectivity index (χ1n) is 6.01. The van der Waals surface area contributed by atoms with E-state index < -0.39 is 16.0 Å². The Bertz CT molecular complexity index is 736. The molecule has 1 N–H and O–H groups in total. The number of aryl methyl sites for hydroxylation is 1. The van der Waals surface area contributed by atoms with Crippen LogP contribution in [0.4, 0.5) is 5.13 Å². The Morgan fingerprint density at radius 3 is 2.62 bits per heavy atom. The first kappa shape index (κ1) is 15.5. The van der Waals surface area contributed by atoms with Gasteiger partial charge in [-0.05, 0) is 19.1 Å². The highest BCUT2D eigenvalue weighted by molar-refractivity contribution is 7.93. The number of esters is 1. The first-order valence-corrected chi connectivity index (χ1v) is 8.38. The van der Waals surface area contributed by atoms with Crippen LogP contribution in [-0.2, 0) is 26.0 Å². The number of ether oxygens (including phenoxy) is 1. The molecule has 112 valence electrons. The third kappa shape index (κ3) is 4.02. The van der Waals surface area contributed by atoms with Crippen LogP contribution in [-0.4, -0.2) is 26.5 Å². The molecule has 0 unspecified atom stereocenters. The molecule has 1 aromatic carbocycles. The number of carbonyl (C=O) groups is 1. The fraction of sp³-hybridized carbons (Fsp3) is 0.231. The zero-order chi connectivity index (χ0) is 15.5. The maximum Gasteiger partial charge on any atom is 0.311 e. The van der Waals surface area contributed by atoms with Crippen LogP contribution in [0.2, 0.25) is 0 Å². The van der Waals surface area contributed by atoms with Crippen LogP contribution in [0.3, 0.4) is 0 Å². The Hall–Kier alpha value is -1.93. The Balaban J connectivity index is 2.14. The standard InChI is InChI=1S/C13H14N2O4S2/c1-9-3-5-11(6-4-9)21(17,18)15-13-14-10(8-20-13)7-12(16)19-2/h3-6,8H,7H2,1-2H3,(H,14,15). The second-order valence-electron chi connectivity index (χ2n) is 4.32. The lowest BCUT2D eigenvalue weighted by atomic mass is 10.2. The maximum atomic E-state index is 12.2. The largest absolute Gasteiger partial charge is 0.469 e. The number of aromatic nitrogens is 1. The molecule has 0 bridgehead atoms. The normalized spacial score (nSPS) is 11.1. The molecule has 0 saturated heterocycles. The molecule has 21 heavy (non-hydrogen) atoms. The van der Waals surface area contributed by atoms with Crippen molar-refractivity contribution in [1.82, 2.24) is 4.98 Å². The first-order chi connectivity index (χ1) is 9.90. The van der Waals surface area contributed by atoms with Gasteiger partial charge in [0.25, 0.3) is 10.0 Å². The predicted molar refractivity (Wildman–Crippen MR) is 79.8 cm³/mol. The smallest absolute Gasteiger partial charge is 0.311 e. The summed E-state index contributed by atoms with van der Waals surface area (Å²) in [5.74, 6) is -0.423. The molecular weight excluding hydrogens is 312 g/mol. The monoisotopic (exact) mass is 326 g/mol. The van der Waals surface area contributed by atoms with Crippen LogP contribution in [0.5, 0.6) is 0 Å². The van der Waals surface area contributed by atoms with Gasteiger partial charge in [-0.25, -0.2) is 13.4 Å². The van der Waals surface area contributed by atoms with Crippen molar-refractivity contribution in [1.29, 1.82) is 0 Å². The van der Waals surface area contributed by atoms with E-state index in [0.29, 0.717) is 5.69 Å². The van der Waals surface area contributed by atoms with Crippen molar-refractivity contribution in [2.75, 3.05) is 11.8 Å². The molecular formula is C13H14N2O4S2. The Labute approximate surface area is 126 Å². The minimum Gasteiger partial charge on any atom is -0.469 e. The molecule has 0 atom stereocenters. The summed E-state index contributed by atoms with van der Waals surface area (Å²) in [5, 5.41) is 1.83. The molecule has 0 aliphatic heterocycles. The van der Waals surface area contributed by atoms with Crippen LogP contribution in [0.15, 0.2) is 34.5 Å². The number of carbonyl (C=O) groups excluding carboxylic acids is 1. The lowest BCUT2D eigenvalue weighted by Gasteiger charge is -2.05. The van der Waals surface area contributed by atoms with Crippen LogP contribution < -0.4 is 4.72 Å². The number of anilines is 1. The number of rotatable bonds is 5. The molecule has 0 aliphatic rings.